The first-order valence-electron chi connectivity index (χ1n) is 11.2. The van der Waals surface area contributed by atoms with Crippen LogP contribution in [0.2, 0.25) is 5.02 Å². The number of hydrogen-bond acceptors (Lipinski definition) is 4. The molecule has 2 fully saturated rings. The van der Waals surface area contributed by atoms with Crippen LogP contribution in [0.25, 0.3) is 0 Å². The Kier molecular flexibility index (Phi) is 5.41. The summed E-state index contributed by atoms with van der Waals surface area (Å²) in [6, 6.07) is 14.0. The van der Waals surface area contributed by atoms with E-state index in [-0.39, 0.29) is 34.6 Å². The summed E-state index contributed by atoms with van der Waals surface area (Å²) in [7, 11) is 0. The molecule has 2 aromatic rings. The van der Waals surface area contributed by atoms with E-state index in [0.717, 1.165) is 16.4 Å². The van der Waals surface area contributed by atoms with E-state index in [9.17, 15) is 19.2 Å². The van der Waals surface area contributed by atoms with Crippen molar-refractivity contribution < 1.29 is 19.2 Å². The number of halogens is 1. The number of rotatable bonds is 6. The Morgan fingerprint density at radius 2 is 1.55 bits per heavy atom. The van der Waals surface area contributed by atoms with Gasteiger partial charge in [-0.25, -0.2) is 5.01 Å². The van der Waals surface area contributed by atoms with Gasteiger partial charge in [-0.3, -0.25) is 19.2 Å². The summed E-state index contributed by atoms with van der Waals surface area (Å²) in [4.78, 5) is 54.4. The van der Waals surface area contributed by atoms with Crippen LogP contribution in [0.1, 0.15) is 40.5 Å². The number of nitrogens with zero attached hydrogens (tertiary/aromatic N) is 2. The van der Waals surface area contributed by atoms with E-state index in [0.29, 0.717) is 5.56 Å². The highest BCUT2D eigenvalue weighted by Gasteiger charge is 2.62. The number of carbonyl (C=O) groups is 4. The van der Waals surface area contributed by atoms with Crippen molar-refractivity contribution in [2.75, 3.05) is 0 Å². The van der Waals surface area contributed by atoms with Gasteiger partial charge in [-0.15, -0.1) is 0 Å². The van der Waals surface area contributed by atoms with Crippen molar-refractivity contribution >= 4 is 35.1 Å². The number of amides is 3. The van der Waals surface area contributed by atoms with Crippen molar-refractivity contribution in [1.82, 2.24) is 10.0 Å². The minimum absolute atomic E-state index is 0.0105. The van der Waals surface area contributed by atoms with Crippen LogP contribution in [0.4, 0.5) is 0 Å². The fourth-order valence-electron chi connectivity index (χ4n) is 5.49. The minimum Gasteiger partial charge on any atom is -0.292 e. The number of benzene rings is 2. The maximum Gasteiger partial charge on any atom is 0.275 e. The van der Waals surface area contributed by atoms with Gasteiger partial charge in [0.25, 0.3) is 17.7 Å². The van der Waals surface area contributed by atoms with Crippen molar-refractivity contribution in [2.24, 2.45) is 23.7 Å². The molecule has 2 bridgehead atoms. The number of allylic oxidation sites excluding steroid dienone is 2. The van der Waals surface area contributed by atoms with Crippen LogP contribution < -0.4 is 0 Å². The molecular formula is C26H23ClN2O4. The van der Waals surface area contributed by atoms with Crippen molar-refractivity contribution in [3.63, 3.8) is 0 Å². The number of ketones is 1. The zero-order valence-corrected chi connectivity index (χ0v) is 18.8. The SMILES string of the molecule is CC[C@@H](C(=O)c1ccccc1)N(C(=O)c1ccccc1Cl)N1C(=O)[C@@H]2[C@H](C1=O)[C@H]1C=C[C@H]2C1. The lowest BCUT2D eigenvalue weighted by Gasteiger charge is -2.36. The molecule has 1 saturated carbocycles. The maximum atomic E-state index is 13.8. The van der Waals surface area contributed by atoms with Crippen LogP contribution in [0, 0.1) is 23.7 Å². The molecule has 168 valence electrons. The molecule has 6 nitrogen and oxygen atoms in total. The monoisotopic (exact) mass is 462 g/mol. The van der Waals surface area contributed by atoms with Gasteiger partial charge >= 0.3 is 0 Å². The molecule has 1 heterocycles. The summed E-state index contributed by atoms with van der Waals surface area (Å²) in [5.41, 5.74) is 0.541. The summed E-state index contributed by atoms with van der Waals surface area (Å²) in [5.74, 6) is -2.80. The van der Waals surface area contributed by atoms with Gasteiger partial charge in [-0.1, -0.05) is 73.1 Å². The molecule has 5 rings (SSSR count). The largest absolute Gasteiger partial charge is 0.292 e. The van der Waals surface area contributed by atoms with Crippen LogP contribution in [-0.2, 0) is 9.59 Å². The van der Waals surface area contributed by atoms with Crippen LogP contribution in [0.15, 0.2) is 66.7 Å². The first-order chi connectivity index (χ1) is 15.9. The standard InChI is InChI=1S/C26H23ClN2O4/c1-2-20(23(30)15-8-4-3-5-9-15)28(24(31)18-10-6-7-11-19(18)27)29-25(32)21-16-12-13-17(14-16)22(21)26(29)33/h3-13,16-17,20-22H,2,14H2,1H3/t16-,17-,20-,21-,22+/m0/s1. The molecular weight excluding hydrogens is 440 g/mol. The summed E-state index contributed by atoms with van der Waals surface area (Å²) in [6.45, 7) is 1.76. The van der Waals surface area contributed by atoms with Crippen LogP contribution >= 0.6 is 11.6 Å². The second kappa shape index (κ2) is 8.27. The molecule has 0 N–H and O–H groups in total. The van der Waals surface area contributed by atoms with E-state index in [1.807, 2.05) is 12.2 Å². The van der Waals surface area contributed by atoms with E-state index in [1.54, 1.807) is 55.5 Å². The lowest BCUT2D eigenvalue weighted by atomic mass is 9.85. The predicted molar refractivity (Wildman–Crippen MR) is 122 cm³/mol. The number of fused-ring (bicyclic) bond motifs is 5. The maximum absolute atomic E-state index is 13.8. The molecule has 0 unspecified atom stereocenters. The molecule has 33 heavy (non-hydrogen) atoms. The highest BCUT2D eigenvalue weighted by Crippen LogP contribution is 2.53. The quantitative estimate of drug-likeness (QED) is 0.367. The van der Waals surface area contributed by atoms with E-state index < -0.39 is 35.6 Å². The van der Waals surface area contributed by atoms with Gasteiger partial charge in [0, 0.05) is 5.56 Å². The molecule has 3 aliphatic rings. The van der Waals surface area contributed by atoms with Crippen LogP contribution in [0.5, 0.6) is 0 Å². The zero-order chi connectivity index (χ0) is 23.3. The number of imide groups is 1. The summed E-state index contributed by atoms with van der Waals surface area (Å²) in [6.07, 6.45) is 4.99. The van der Waals surface area contributed by atoms with Crippen molar-refractivity contribution in [1.29, 1.82) is 0 Å². The molecule has 0 radical (unpaired) electrons. The van der Waals surface area contributed by atoms with Crippen molar-refractivity contribution in [3.05, 3.63) is 82.9 Å². The van der Waals surface area contributed by atoms with Gasteiger partial charge in [0.1, 0.15) is 6.04 Å². The zero-order valence-electron chi connectivity index (χ0n) is 18.1. The molecule has 7 heteroatoms. The minimum atomic E-state index is -1.03. The summed E-state index contributed by atoms with van der Waals surface area (Å²) in [5, 5.41) is 2.21. The fraction of sp³-hybridized carbons (Fsp3) is 0.308. The Bertz CT molecular complexity index is 1150. The van der Waals surface area contributed by atoms with Crippen molar-refractivity contribution in [2.45, 2.75) is 25.8 Å². The fourth-order valence-corrected chi connectivity index (χ4v) is 5.71. The smallest absolute Gasteiger partial charge is 0.275 e. The third-order valence-electron chi connectivity index (χ3n) is 7.02. The first kappa shape index (κ1) is 21.6. The van der Waals surface area contributed by atoms with E-state index in [4.69, 9.17) is 11.6 Å². The average Bonchev–Trinajstić information content (AvgIpc) is 3.52. The van der Waals surface area contributed by atoms with E-state index in [2.05, 4.69) is 0 Å². The first-order valence-corrected chi connectivity index (χ1v) is 11.5. The lowest BCUT2D eigenvalue weighted by molar-refractivity contribution is -0.157. The van der Waals surface area contributed by atoms with Gasteiger partial charge in [0.05, 0.1) is 22.4 Å². The number of Topliss-reactive ketones (excluding diaryl/α,β-unsaturated/α-hetero) is 1. The van der Waals surface area contributed by atoms with Gasteiger partial charge in [-0.2, -0.15) is 5.01 Å². The molecule has 1 saturated heterocycles. The summed E-state index contributed by atoms with van der Waals surface area (Å²) < 4.78 is 0. The lowest BCUT2D eigenvalue weighted by Crippen LogP contribution is -2.57. The third-order valence-corrected chi connectivity index (χ3v) is 7.35. The topological polar surface area (TPSA) is 74.8 Å². The van der Waals surface area contributed by atoms with Gasteiger partial charge in [0.2, 0.25) is 0 Å². The molecule has 5 atom stereocenters. The molecule has 2 aliphatic carbocycles. The van der Waals surface area contributed by atoms with Crippen molar-refractivity contribution in [3.8, 4) is 0 Å². The summed E-state index contributed by atoms with van der Waals surface area (Å²) >= 11 is 6.31. The Labute approximate surface area is 196 Å². The normalized spacial score (nSPS) is 25.9. The van der Waals surface area contributed by atoms with Gasteiger partial charge < -0.3 is 0 Å². The Hall–Kier alpha value is -3.25. The molecule has 1 aliphatic heterocycles. The third kappa shape index (κ3) is 3.32. The van der Waals surface area contributed by atoms with Crippen LogP contribution in [-0.4, -0.2) is 39.6 Å². The number of carbonyl (C=O) groups excluding carboxylic acids is 4. The Balaban J connectivity index is 1.60. The Morgan fingerprint density at radius 1 is 0.970 bits per heavy atom. The highest BCUT2D eigenvalue weighted by atomic mass is 35.5. The van der Waals surface area contributed by atoms with E-state index in [1.165, 1.54) is 6.07 Å². The number of hydrogen-bond donors (Lipinski definition) is 0. The average molecular weight is 463 g/mol. The predicted octanol–water partition coefficient (Wildman–Crippen LogP) is 4.17. The molecule has 0 aromatic heterocycles. The van der Waals surface area contributed by atoms with Crippen LogP contribution in [0.3, 0.4) is 0 Å². The van der Waals surface area contributed by atoms with Gasteiger partial charge in [-0.05, 0) is 36.8 Å². The molecule has 2 aromatic carbocycles. The number of hydrazine groups is 1. The van der Waals surface area contributed by atoms with E-state index >= 15 is 0 Å². The highest BCUT2D eigenvalue weighted by molar-refractivity contribution is 6.34. The molecule has 3 amide bonds. The second-order valence-corrected chi connectivity index (χ2v) is 9.18. The Morgan fingerprint density at radius 3 is 2.12 bits per heavy atom. The molecule has 0 spiro atoms. The second-order valence-electron chi connectivity index (χ2n) is 8.77. The van der Waals surface area contributed by atoms with Gasteiger partial charge in [0.15, 0.2) is 5.78 Å².